The van der Waals surface area contributed by atoms with Crippen LogP contribution in [0.3, 0.4) is 0 Å². The number of hydrogen-bond acceptors (Lipinski definition) is 0. The van der Waals surface area contributed by atoms with Crippen molar-refractivity contribution in [3.8, 4) is 11.1 Å². The molecule has 0 N–H and O–H groups in total. The van der Waals surface area contributed by atoms with Crippen molar-refractivity contribution in [3.05, 3.63) is 141 Å². The van der Waals surface area contributed by atoms with Gasteiger partial charge in [0.15, 0.2) is 0 Å². The van der Waals surface area contributed by atoms with Crippen molar-refractivity contribution in [2.75, 3.05) is 0 Å². The van der Waals surface area contributed by atoms with Gasteiger partial charge in [0.2, 0.25) is 0 Å². The minimum Gasteiger partial charge on any atom is -1.00 e. The molecule has 0 fully saturated rings. The van der Waals surface area contributed by atoms with Crippen LogP contribution in [-0.2, 0) is 20.9 Å². The standard InChI is InChI=1S/C13H9.C12H11Si.C9H13.2ClH.Zr/c1-3-7-12-10(5-1)9-11-6-2-4-8-13(11)12;1-3-7-11(8-4-1)13-12-9-5-2-6-10-12;1-9(2,3)8-6-4-5-7-8;;;/h1-9H;1-10,13H;6-7H,4H2,1-3H3;2*1H;/q;;;;;+2/p-2. The summed E-state index contributed by atoms with van der Waals surface area (Å²) in [4.78, 5) is 0. The van der Waals surface area contributed by atoms with Crippen LogP contribution in [0.15, 0.2) is 130 Å². The Morgan fingerprint density at radius 1 is 0.632 bits per heavy atom. The van der Waals surface area contributed by atoms with Crippen molar-refractivity contribution < 1.29 is 45.7 Å². The van der Waals surface area contributed by atoms with E-state index in [-0.39, 0.29) is 30.2 Å². The van der Waals surface area contributed by atoms with Gasteiger partial charge in [-0.3, -0.25) is 0 Å². The Kier molecular flexibility index (Phi) is 9.21. The van der Waals surface area contributed by atoms with Gasteiger partial charge in [-0.05, 0) is 0 Å². The van der Waals surface area contributed by atoms with E-state index in [1.54, 1.807) is 21.5 Å². The number of halogens is 2. The molecule has 191 valence electrons. The second-order valence-corrected chi connectivity index (χ2v) is 26.5. The van der Waals surface area contributed by atoms with Crippen LogP contribution in [-0.4, -0.2) is 5.92 Å². The molecule has 0 spiro atoms. The molecule has 4 aromatic carbocycles. The SMILES string of the molecule is CC(C)(C)C1=CC[C]([Zr+2]([CH]2c3ccccc3-c3ccccc32)[SiH](c2ccccc2)c2ccccc2)=C1.[Cl-].[Cl-]. The molecule has 4 heteroatoms. The van der Waals surface area contributed by atoms with E-state index in [0.717, 1.165) is 6.42 Å². The molecule has 0 amide bonds. The predicted octanol–water partition coefficient (Wildman–Crippen LogP) is 1.18. The van der Waals surface area contributed by atoms with Gasteiger partial charge in [-0.1, -0.05) is 0 Å². The number of rotatable bonds is 5. The Hall–Kier alpha value is -1.96. The van der Waals surface area contributed by atoms with Crippen LogP contribution < -0.4 is 35.2 Å². The first-order chi connectivity index (χ1) is 17.5. The molecule has 2 aliphatic rings. The molecule has 38 heavy (non-hydrogen) atoms. The van der Waals surface area contributed by atoms with Gasteiger partial charge in [0.25, 0.3) is 0 Å². The molecule has 4 aromatic rings. The third-order valence-electron chi connectivity index (χ3n) is 7.83. The molecule has 2 aliphatic carbocycles. The molecule has 0 atom stereocenters. The molecule has 0 unspecified atom stereocenters. The van der Waals surface area contributed by atoms with Gasteiger partial charge in [0.1, 0.15) is 0 Å². The van der Waals surface area contributed by atoms with Gasteiger partial charge >= 0.3 is 226 Å². The van der Waals surface area contributed by atoms with Crippen molar-refractivity contribution in [1.82, 2.24) is 0 Å². The molecule has 0 bridgehead atoms. The molecule has 6 rings (SSSR count). The average Bonchev–Trinajstić information content (AvgIpc) is 3.52. The molecular formula is C34H33Cl2SiZr. The fourth-order valence-electron chi connectivity index (χ4n) is 6.12. The first kappa shape index (κ1) is 29.0. The number of allylic oxidation sites excluding steroid dienone is 4. The Balaban J connectivity index is 0.00000168. The minimum atomic E-state index is -2.37. The summed E-state index contributed by atoms with van der Waals surface area (Å²) >= 11 is -2.37. The van der Waals surface area contributed by atoms with Gasteiger partial charge in [0, 0.05) is 0 Å². The van der Waals surface area contributed by atoms with E-state index < -0.39 is 26.8 Å². The normalized spacial score (nSPS) is 14.1. The zero-order chi connectivity index (χ0) is 24.7. The molecule has 0 aliphatic heterocycles. The Bertz CT molecular complexity index is 1370. The molecule has 0 saturated heterocycles. The maximum absolute atomic E-state index is 2.66. The van der Waals surface area contributed by atoms with Crippen LogP contribution in [0, 0.1) is 5.41 Å². The van der Waals surface area contributed by atoms with Crippen molar-refractivity contribution in [2.24, 2.45) is 5.41 Å². The van der Waals surface area contributed by atoms with E-state index in [1.165, 1.54) is 16.7 Å². The second kappa shape index (κ2) is 12.1. The van der Waals surface area contributed by atoms with Crippen LogP contribution in [0.1, 0.15) is 41.9 Å². The van der Waals surface area contributed by atoms with Crippen LogP contribution in [0.5, 0.6) is 0 Å². The van der Waals surface area contributed by atoms with Gasteiger partial charge in [0.05, 0.1) is 0 Å². The maximum Gasteiger partial charge on any atom is -1.00 e. The summed E-state index contributed by atoms with van der Waals surface area (Å²) in [5.41, 5.74) is 7.83. The van der Waals surface area contributed by atoms with Crippen LogP contribution in [0.4, 0.5) is 0 Å². The Morgan fingerprint density at radius 2 is 1.08 bits per heavy atom. The molecule has 0 radical (unpaired) electrons. The van der Waals surface area contributed by atoms with E-state index in [2.05, 4.69) is 142 Å². The summed E-state index contributed by atoms with van der Waals surface area (Å²) in [5, 5.41) is 3.23. The van der Waals surface area contributed by atoms with Crippen molar-refractivity contribution in [3.63, 3.8) is 0 Å². The largest absolute Gasteiger partial charge is 1.00 e. The summed E-state index contributed by atoms with van der Waals surface area (Å²) in [6, 6.07) is 41.7. The van der Waals surface area contributed by atoms with E-state index >= 15 is 0 Å². The van der Waals surface area contributed by atoms with Gasteiger partial charge < -0.3 is 24.8 Å². The summed E-state index contributed by atoms with van der Waals surface area (Å²) in [7, 11) is 0. The van der Waals surface area contributed by atoms with Crippen LogP contribution in [0.25, 0.3) is 11.1 Å². The molecular weight excluding hydrogens is 599 g/mol. The van der Waals surface area contributed by atoms with Crippen molar-refractivity contribution in [2.45, 2.75) is 30.8 Å². The van der Waals surface area contributed by atoms with Crippen molar-refractivity contribution >= 4 is 16.3 Å². The quantitative estimate of drug-likeness (QED) is 0.291. The monoisotopic (exact) mass is 629 g/mol. The summed E-state index contributed by atoms with van der Waals surface area (Å²) in [6.45, 7) is 7.10. The molecule has 0 heterocycles. The predicted molar refractivity (Wildman–Crippen MR) is 153 cm³/mol. The minimum absolute atomic E-state index is 0. The first-order valence-electron chi connectivity index (χ1n) is 13.1. The van der Waals surface area contributed by atoms with Crippen LogP contribution >= 0.6 is 0 Å². The zero-order valence-electron chi connectivity index (χ0n) is 22.2. The summed E-state index contributed by atoms with van der Waals surface area (Å²) in [5.74, 6) is -1.48. The van der Waals surface area contributed by atoms with Crippen molar-refractivity contribution in [1.29, 1.82) is 0 Å². The van der Waals surface area contributed by atoms with E-state index in [9.17, 15) is 0 Å². The fraction of sp³-hybridized carbons (Fsp3) is 0.176. The van der Waals surface area contributed by atoms with E-state index in [1.807, 2.05) is 3.28 Å². The Morgan fingerprint density at radius 3 is 1.53 bits per heavy atom. The number of hydrogen-bond donors (Lipinski definition) is 0. The van der Waals surface area contributed by atoms with Gasteiger partial charge in [-0.25, -0.2) is 0 Å². The third-order valence-corrected chi connectivity index (χ3v) is 30.0. The molecule has 0 saturated carbocycles. The Labute approximate surface area is 249 Å². The summed E-state index contributed by atoms with van der Waals surface area (Å²) in [6.07, 6.45) is 6.35. The maximum atomic E-state index is 2.66. The smallest absolute Gasteiger partial charge is 1.00 e. The van der Waals surface area contributed by atoms with Crippen LogP contribution in [0.2, 0.25) is 0 Å². The average molecular weight is 632 g/mol. The number of benzene rings is 4. The molecule has 0 aromatic heterocycles. The topological polar surface area (TPSA) is 0 Å². The van der Waals surface area contributed by atoms with E-state index in [0.29, 0.717) is 3.63 Å². The third kappa shape index (κ3) is 5.39. The summed E-state index contributed by atoms with van der Waals surface area (Å²) < 4.78 is 2.37. The van der Waals surface area contributed by atoms with Gasteiger partial charge in [-0.15, -0.1) is 0 Å². The fourth-order valence-corrected chi connectivity index (χ4v) is 31.2. The zero-order valence-corrected chi connectivity index (χ0v) is 27.3. The van der Waals surface area contributed by atoms with E-state index in [4.69, 9.17) is 0 Å². The first-order valence-corrected chi connectivity index (χ1v) is 21.7. The second-order valence-electron chi connectivity index (χ2n) is 11.1. The van der Waals surface area contributed by atoms with Gasteiger partial charge in [-0.2, -0.15) is 0 Å². The number of fused-ring (bicyclic) bond motifs is 3. The molecule has 0 nitrogen and oxygen atoms in total.